The first-order chi connectivity index (χ1) is 11.5. The van der Waals surface area contributed by atoms with Crippen molar-refractivity contribution < 1.29 is 14.5 Å². The number of carbonyl (C=O) groups is 1. The zero-order chi connectivity index (χ0) is 17.7. The Morgan fingerprint density at radius 2 is 1.96 bits per heavy atom. The molecule has 0 spiro atoms. The third-order valence-corrected chi connectivity index (χ3v) is 3.74. The summed E-state index contributed by atoms with van der Waals surface area (Å²) in [6.07, 6.45) is 0. The minimum atomic E-state index is -0.544. The molecule has 2 aromatic rings. The third-order valence-electron chi connectivity index (χ3n) is 3.21. The minimum absolute atomic E-state index is 0.102. The fourth-order valence-electron chi connectivity index (χ4n) is 2.10. The molecule has 0 radical (unpaired) electrons. The number of halogens is 1. The fraction of sp³-hybridized carbons (Fsp3) is 0.188. The molecule has 0 bridgehead atoms. The number of nitro groups is 1. The highest BCUT2D eigenvalue weighted by Crippen LogP contribution is 2.33. The zero-order valence-corrected chi connectivity index (χ0v) is 14.7. The van der Waals surface area contributed by atoms with Crippen LogP contribution in [0.5, 0.6) is 5.75 Å². The number of hydrogen-bond donors (Lipinski definition) is 2. The molecule has 7 nitrogen and oxygen atoms in total. The van der Waals surface area contributed by atoms with Gasteiger partial charge in [0.2, 0.25) is 0 Å². The summed E-state index contributed by atoms with van der Waals surface area (Å²) in [4.78, 5) is 23.2. The van der Waals surface area contributed by atoms with Crippen LogP contribution in [-0.2, 0) is 0 Å². The zero-order valence-electron chi connectivity index (χ0n) is 13.1. The van der Waals surface area contributed by atoms with E-state index in [1.54, 1.807) is 38.2 Å². The highest BCUT2D eigenvalue weighted by Gasteiger charge is 2.22. The number of hydrogen-bond acceptors (Lipinski definition) is 5. The maximum Gasteiger partial charge on any atom is 0.293 e. The van der Waals surface area contributed by atoms with E-state index in [4.69, 9.17) is 4.74 Å². The molecular formula is C16H16BrN3O4. The van der Waals surface area contributed by atoms with Gasteiger partial charge in [-0.3, -0.25) is 14.9 Å². The monoisotopic (exact) mass is 393 g/mol. The van der Waals surface area contributed by atoms with Crippen LogP contribution in [0.2, 0.25) is 0 Å². The van der Waals surface area contributed by atoms with Gasteiger partial charge in [-0.2, -0.15) is 0 Å². The van der Waals surface area contributed by atoms with Gasteiger partial charge in [0.25, 0.3) is 11.6 Å². The van der Waals surface area contributed by atoms with Gasteiger partial charge in [0.15, 0.2) is 0 Å². The Kier molecular flexibility index (Phi) is 5.75. The molecule has 1 amide bonds. The van der Waals surface area contributed by atoms with E-state index in [1.807, 2.05) is 0 Å². The molecule has 0 unspecified atom stereocenters. The lowest BCUT2D eigenvalue weighted by Gasteiger charge is -2.13. The Morgan fingerprint density at radius 1 is 1.29 bits per heavy atom. The van der Waals surface area contributed by atoms with Crippen LogP contribution in [0, 0.1) is 10.1 Å². The third kappa shape index (κ3) is 4.02. The van der Waals surface area contributed by atoms with Crippen molar-refractivity contribution in [3.05, 3.63) is 56.5 Å². The number of nitrogens with zero attached hydrogens (tertiary/aromatic N) is 1. The lowest BCUT2D eigenvalue weighted by Crippen LogP contribution is -2.14. The number of benzene rings is 2. The average molecular weight is 394 g/mol. The van der Waals surface area contributed by atoms with Crippen LogP contribution < -0.4 is 15.4 Å². The molecular weight excluding hydrogens is 378 g/mol. The van der Waals surface area contributed by atoms with Gasteiger partial charge >= 0.3 is 0 Å². The Hall–Kier alpha value is -2.61. The van der Waals surface area contributed by atoms with Gasteiger partial charge in [-0.15, -0.1) is 0 Å². The van der Waals surface area contributed by atoms with E-state index in [-0.39, 0.29) is 22.7 Å². The van der Waals surface area contributed by atoms with Crippen LogP contribution >= 0.6 is 15.9 Å². The molecule has 0 aliphatic carbocycles. The molecule has 2 rings (SSSR count). The quantitative estimate of drug-likeness (QED) is 0.570. The largest absolute Gasteiger partial charge is 0.493 e. The molecule has 0 atom stereocenters. The molecule has 0 saturated carbocycles. The summed E-state index contributed by atoms with van der Waals surface area (Å²) in [7, 11) is 1.57. The summed E-state index contributed by atoms with van der Waals surface area (Å²) < 4.78 is 6.34. The topological polar surface area (TPSA) is 93.5 Å². The summed E-state index contributed by atoms with van der Waals surface area (Å²) in [5, 5.41) is 16.7. The maximum atomic E-state index is 12.5. The summed E-state index contributed by atoms with van der Waals surface area (Å²) in [6, 6.07) is 9.68. The summed E-state index contributed by atoms with van der Waals surface area (Å²) in [5.74, 6) is -0.200. The fourth-order valence-corrected chi connectivity index (χ4v) is 2.37. The van der Waals surface area contributed by atoms with Gasteiger partial charge in [-0.05, 0) is 31.2 Å². The average Bonchev–Trinajstić information content (AvgIpc) is 2.56. The lowest BCUT2D eigenvalue weighted by molar-refractivity contribution is -0.384. The van der Waals surface area contributed by atoms with Crippen molar-refractivity contribution in [2.75, 3.05) is 24.3 Å². The summed E-state index contributed by atoms with van der Waals surface area (Å²) >= 11 is 3.32. The first-order valence-electron chi connectivity index (χ1n) is 7.16. The summed E-state index contributed by atoms with van der Waals surface area (Å²) in [6.45, 7) is 2.11. The van der Waals surface area contributed by atoms with Crippen LogP contribution in [0.1, 0.15) is 17.3 Å². The van der Waals surface area contributed by atoms with Crippen molar-refractivity contribution in [3.8, 4) is 5.75 Å². The molecule has 0 aliphatic rings. The van der Waals surface area contributed by atoms with Gasteiger partial charge in [0.1, 0.15) is 11.4 Å². The molecule has 0 aliphatic heterocycles. The molecule has 8 heteroatoms. The number of nitrogens with one attached hydrogen (secondary N) is 2. The van der Waals surface area contributed by atoms with Gasteiger partial charge in [0, 0.05) is 29.3 Å². The molecule has 2 N–H and O–H groups in total. The smallest absolute Gasteiger partial charge is 0.293 e. The first kappa shape index (κ1) is 17.7. The molecule has 2 aromatic carbocycles. The molecule has 0 aromatic heterocycles. The molecule has 126 valence electrons. The second-order valence-corrected chi connectivity index (χ2v) is 5.68. The van der Waals surface area contributed by atoms with E-state index in [0.29, 0.717) is 12.3 Å². The van der Waals surface area contributed by atoms with Crippen molar-refractivity contribution >= 4 is 38.9 Å². The number of nitro benzene ring substituents is 1. The van der Waals surface area contributed by atoms with Gasteiger partial charge in [0.05, 0.1) is 17.1 Å². The Labute approximate surface area is 147 Å². The highest BCUT2D eigenvalue weighted by atomic mass is 79.9. The van der Waals surface area contributed by atoms with E-state index in [0.717, 1.165) is 4.47 Å². The number of carbonyl (C=O) groups excluding carboxylic acids is 1. The van der Waals surface area contributed by atoms with E-state index in [2.05, 4.69) is 26.6 Å². The number of amides is 1. The molecule has 0 saturated heterocycles. The van der Waals surface area contributed by atoms with Crippen molar-refractivity contribution in [1.29, 1.82) is 0 Å². The van der Waals surface area contributed by atoms with Crippen LogP contribution in [-0.4, -0.2) is 24.5 Å². The molecule has 0 heterocycles. The predicted molar refractivity (Wildman–Crippen MR) is 95.9 cm³/mol. The van der Waals surface area contributed by atoms with Crippen LogP contribution in [0.4, 0.5) is 17.1 Å². The second kappa shape index (κ2) is 7.78. The van der Waals surface area contributed by atoms with Crippen molar-refractivity contribution in [3.63, 3.8) is 0 Å². The highest BCUT2D eigenvalue weighted by molar-refractivity contribution is 9.10. The van der Waals surface area contributed by atoms with Crippen molar-refractivity contribution in [1.82, 2.24) is 0 Å². The first-order valence-corrected chi connectivity index (χ1v) is 7.95. The second-order valence-electron chi connectivity index (χ2n) is 4.77. The lowest BCUT2D eigenvalue weighted by atomic mass is 10.1. The number of rotatable bonds is 6. The van der Waals surface area contributed by atoms with E-state index in [1.165, 1.54) is 12.1 Å². The van der Waals surface area contributed by atoms with E-state index < -0.39 is 10.8 Å². The van der Waals surface area contributed by atoms with E-state index in [9.17, 15) is 14.9 Å². The number of anilines is 2. The normalized spacial score (nSPS) is 10.1. The standard InChI is InChI=1S/C16H16BrN3O4/c1-3-24-15-9-13(18-2)14(20(22)23)8-12(15)16(21)19-11-6-4-10(17)5-7-11/h4-9,18H,3H2,1-2H3,(H,19,21). The van der Waals surface area contributed by atoms with E-state index >= 15 is 0 Å². The minimum Gasteiger partial charge on any atom is -0.493 e. The van der Waals surface area contributed by atoms with Gasteiger partial charge in [-0.1, -0.05) is 15.9 Å². The van der Waals surface area contributed by atoms with Gasteiger partial charge < -0.3 is 15.4 Å². The predicted octanol–water partition coefficient (Wildman–Crippen LogP) is 4.05. The Balaban J connectivity index is 2.41. The SMILES string of the molecule is CCOc1cc(NC)c([N+](=O)[O-])cc1C(=O)Nc1ccc(Br)cc1. The van der Waals surface area contributed by atoms with Gasteiger partial charge in [-0.25, -0.2) is 0 Å². The van der Waals surface area contributed by atoms with Crippen LogP contribution in [0.15, 0.2) is 40.9 Å². The summed E-state index contributed by atoms with van der Waals surface area (Å²) in [5.41, 5.74) is 0.766. The van der Waals surface area contributed by atoms with Crippen molar-refractivity contribution in [2.24, 2.45) is 0 Å². The Morgan fingerprint density at radius 3 is 2.50 bits per heavy atom. The molecule has 24 heavy (non-hydrogen) atoms. The molecule has 0 fully saturated rings. The van der Waals surface area contributed by atoms with Crippen LogP contribution in [0.25, 0.3) is 0 Å². The Bertz CT molecular complexity index is 763. The van der Waals surface area contributed by atoms with Crippen molar-refractivity contribution in [2.45, 2.75) is 6.92 Å². The van der Waals surface area contributed by atoms with Crippen LogP contribution in [0.3, 0.4) is 0 Å². The maximum absolute atomic E-state index is 12.5. The number of ether oxygens (including phenoxy) is 1.